The van der Waals surface area contributed by atoms with Gasteiger partial charge in [-0.1, -0.05) is 27.2 Å². The van der Waals surface area contributed by atoms with Gasteiger partial charge in [-0.25, -0.2) is 0 Å². The SMILES string of the molecule is CCNC(Cc1cnn(CC)c1)C1CCCC1(C)C. The second-order valence-electron chi connectivity index (χ2n) is 6.56. The Balaban J connectivity index is 2.07. The second kappa shape index (κ2) is 6.08. The Morgan fingerprint density at radius 1 is 1.47 bits per heavy atom. The molecular formula is C16H29N3. The van der Waals surface area contributed by atoms with Gasteiger partial charge in [0, 0.05) is 18.8 Å². The summed E-state index contributed by atoms with van der Waals surface area (Å²) in [7, 11) is 0. The monoisotopic (exact) mass is 263 g/mol. The summed E-state index contributed by atoms with van der Waals surface area (Å²) in [5.74, 6) is 0.789. The largest absolute Gasteiger partial charge is 0.314 e. The molecule has 1 heterocycles. The molecule has 1 aliphatic carbocycles. The van der Waals surface area contributed by atoms with Gasteiger partial charge in [-0.2, -0.15) is 5.10 Å². The third-order valence-electron chi connectivity index (χ3n) is 4.76. The zero-order chi connectivity index (χ0) is 13.9. The normalized spacial score (nSPS) is 23.7. The summed E-state index contributed by atoms with van der Waals surface area (Å²) in [4.78, 5) is 0. The van der Waals surface area contributed by atoms with Gasteiger partial charge >= 0.3 is 0 Å². The van der Waals surface area contributed by atoms with E-state index in [2.05, 4.69) is 44.3 Å². The minimum atomic E-state index is 0.480. The summed E-state index contributed by atoms with van der Waals surface area (Å²) < 4.78 is 2.03. The molecule has 2 atom stereocenters. The van der Waals surface area contributed by atoms with Crippen molar-refractivity contribution >= 4 is 0 Å². The molecule has 0 amide bonds. The molecule has 108 valence electrons. The van der Waals surface area contributed by atoms with Crippen LogP contribution in [0.4, 0.5) is 0 Å². The lowest BCUT2D eigenvalue weighted by atomic mass is 9.76. The first kappa shape index (κ1) is 14.6. The van der Waals surface area contributed by atoms with Crippen LogP contribution in [-0.2, 0) is 13.0 Å². The molecule has 1 aromatic heterocycles. The van der Waals surface area contributed by atoms with Gasteiger partial charge in [-0.3, -0.25) is 4.68 Å². The predicted octanol–water partition coefficient (Wildman–Crippen LogP) is 3.25. The van der Waals surface area contributed by atoms with E-state index in [1.165, 1.54) is 24.8 Å². The summed E-state index contributed by atoms with van der Waals surface area (Å²) in [6.45, 7) is 11.2. The average molecular weight is 263 g/mol. The third kappa shape index (κ3) is 3.38. The summed E-state index contributed by atoms with van der Waals surface area (Å²) in [6.07, 6.45) is 9.47. The van der Waals surface area contributed by atoms with Crippen LogP contribution >= 0.6 is 0 Å². The number of hydrogen-bond acceptors (Lipinski definition) is 2. The summed E-state index contributed by atoms with van der Waals surface area (Å²) in [6, 6.07) is 0.594. The van der Waals surface area contributed by atoms with Crippen molar-refractivity contribution in [3.05, 3.63) is 18.0 Å². The Morgan fingerprint density at radius 3 is 2.79 bits per heavy atom. The molecule has 1 aromatic rings. The number of likely N-dealkylation sites (N-methyl/N-ethyl adjacent to an activating group) is 1. The molecule has 0 bridgehead atoms. The molecule has 0 aliphatic heterocycles. The molecule has 0 radical (unpaired) electrons. The minimum Gasteiger partial charge on any atom is -0.314 e. The zero-order valence-corrected chi connectivity index (χ0v) is 12.9. The summed E-state index contributed by atoms with van der Waals surface area (Å²) in [5.41, 5.74) is 1.85. The van der Waals surface area contributed by atoms with E-state index >= 15 is 0 Å². The predicted molar refractivity (Wildman–Crippen MR) is 80.2 cm³/mol. The Labute approximate surface area is 117 Å². The fourth-order valence-corrected chi connectivity index (χ4v) is 3.66. The summed E-state index contributed by atoms with van der Waals surface area (Å²) >= 11 is 0. The van der Waals surface area contributed by atoms with E-state index in [9.17, 15) is 0 Å². The van der Waals surface area contributed by atoms with E-state index in [0.717, 1.165) is 25.4 Å². The van der Waals surface area contributed by atoms with Crippen LogP contribution < -0.4 is 5.32 Å². The van der Waals surface area contributed by atoms with Crippen LogP contribution in [0.3, 0.4) is 0 Å². The highest BCUT2D eigenvalue weighted by Crippen LogP contribution is 2.44. The first-order valence-corrected chi connectivity index (χ1v) is 7.81. The van der Waals surface area contributed by atoms with Gasteiger partial charge in [-0.15, -0.1) is 0 Å². The lowest BCUT2D eigenvalue weighted by molar-refractivity contribution is 0.197. The van der Waals surface area contributed by atoms with Gasteiger partial charge in [0.05, 0.1) is 6.20 Å². The van der Waals surface area contributed by atoms with Gasteiger partial charge < -0.3 is 5.32 Å². The lowest BCUT2D eigenvalue weighted by Crippen LogP contribution is -2.42. The highest BCUT2D eigenvalue weighted by molar-refractivity contribution is 5.08. The Hall–Kier alpha value is -0.830. The van der Waals surface area contributed by atoms with Crippen molar-refractivity contribution in [1.29, 1.82) is 0 Å². The fraction of sp³-hybridized carbons (Fsp3) is 0.812. The number of nitrogens with one attached hydrogen (secondary N) is 1. The molecular weight excluding hydrogens is 234 g/mol. The molecule has 0 aromatic carbocycles. The van der Waals surface area contributed by atoms with Gasteiger partial charge in [0.25, 0.3) is 0 Å². The Bertz CT molecular complexity index is 394. The van der Waals surface area contributed by atoms with Crippen LogP contribution in [0.1, 0.15) is 52.5 Å². The van der Waals surface area contributed by atoms with E-state index in [0.29, 0.717) is 11.5 Å². The van der Waals surface area contributed by atoms with E-state index in [1.54, 1.807) is 0 Å². The van der Waals surface area contributed by atoms with Crippen LogP contribution in [0.2, 0.25) is 0 Å². The molecule has 1 N–H and O–H groups in total. The maximum Gasteiger partial charge on any atom is 0.0522 e. The standard InChI is InChI=1S/C16H29N3/c1-5-17-15(14-8-7-9-16(14,3)4)10-13-11-18-19(6-2)12-13/h11-12,14-15,17H,5-10H2,1-4H3. The third-order valence-corrected chi connectivity index (χ3v) is 4.76. The van der Waals surface area contributed by atoms with Gasteiger partial charge in [0.2, 0.25) is 0 Å². The van der Waals surface area contributed by atoms with Crippen molar-refractivity contribution in [2.45, 2.75) is 66.0 Å². The van der Waals surface area contributed by atoms with E-state index in [1.807, 2.05) is 10.9 Å². The van der Waals surface area contributed by atoms with Gasteiger partial charge in [-0.05, 0) is 49.6 Å². The highest BCUT2D eigenvalue weighted by atomic mass is 15.3. The van der Waals surface area contributed by atoms with Gasteiger partial charge in [0.1, 0.15) is 0 Å². The van der Waals surface area contributed by atoms with Crippen molar-refractivity contribution in [1.82, 2.24) is 15.1 Å². The smallest absolute Gasteiger partial charge is 0.0522 e. The Morgan fingerprint density at radius 2 is 2.26 bits per heavy atom. The van der Waals surface area contributed by atoms with E-state index in [4.69, 9.17) is 0 Å². The molecule has 2 unspecified atom stereocenters. The van der Waals surface area contributed by atoms with Crippen LogP contribution in [0.15, 0.2) is 12.4 Å². The molecule has 19 heavy (non-hydrogen) atoms. The Kier molecular flexibility index (Phi) is 4.67. The molecule has 1 saturated carbocycles. The molecule has 2 rings (SSSR count). The van der Waals surface area contributed by atoms with Crippen LogP contribution in [0.25, 0.3) is 0 Å². The van der Waals surface area contributed by atoms with Gasteiger partial charge in [0.15, 0.2) is 0 Å². The number of nitrogens with zero attached hydrogens (tertiary/aromatic N) is 2. The molecule has 0 saturated heterocycles. The average Bonchev–Trinajstić information content (AvgIpc) is 2.94. The van der Waals surface area contributed by atoms with Crippen LogP contribution in [-0.4, -0.2) is 22.4 Å². The maximum absolute atomic E-state index is 4.40. The molecule has 1 aliphatic rings. The first-order valence-electron chi connectivity index (χ1n) is 7.81. The van der Waals surface area contributed by atoms with E-state index in [-0.39, 0.29) is 0 Å². The molecule has 3 heteroatoms. The second-order valence-corrected chi connectivity index (χ2v) is 6.56. The quantitative estimate of drug-likeness (QED) is 0.854. The fourth-order valence-electron chi connectivity index (χ4n) is 3.66. The van der Waals surface area contributed by atoms with Crippen LogP contribution in [0.5, 0.6) is 0 Å². The van der Waals surface area contributed by atoms with Crippen molar-refractivity contribution in [3.63, 3.8) is 0 Å². The van der Waals surface area contributed by atoms with Crippen molar-refractivity contribution in [2.24, 2.45) is 11.3 Å². The maximum atomic E-state index is 4.40. The zero-order valence-electron chi connectivity index (χ0n) is 12.9. The summed E-state index contributed by atoms with van der Waals surface area (Å²) in [5, 5.41) is 8.12. The topological polar surface area (TPSA) is 29.9 Å². The lowest BCUT2D eigenvalue weighted by Gasteiger charge is -2.34. The first-order chi connectivity index (χ1) is 9.06. The minimum absolute atomic E-state index is 0.480. The number of aromatic nitrogens is 2. The number of hydrogen-bond donors (Lipinski definition) is 1. The molecule has 3 nitrogen and oxygen atoms in total. The molecule has 1 fully saturated rings. The van der Waals surface area contributed by atoms with E-state index < -0.39 is 0 Å². The number of aryl methyl sites for hydroxylation is 1. The number of rotatable bonds is 6. The highest BCUT2D eigenvalue weighted by Gasteiger charge is 2.39. The van der Waals surface area contributed by atoms with Crippen LogP contribution in [0, 0.1) is 11.3 Å². The van der Waals surface area contributed by atoms with Crippen molar-refractivity contribution < 1.29 is 0 Å². The van der Waals surface area contributed by atoms with Crippen molar-refractivity contribution in [3.8, 4) is 0 Å². The van der Waals surface area contributed by atoms with Crippen molar-refractivity contribution in [2.75, 3.05) is 6.54 Å². The molecule has 0 spiro atoms.